The largest absolute Gasteiger partial charge is 0.494 e. The topological polar surface area (TPSA) is 55.4 Å². The summed E-state index contributed by atoms with van der Waals surface area (Å²) in [5.41, 5.74) is 2.07. The van der Waals surface area contributed by atoms with Crippen LogP contribution in [-0.4, -0.2) is 24.8 Å². The Balaban J connectivity index is 1.66. The van der Waals surface area contributed by atoms with Gasteiger partial charge < -0.3 is 10.1 Å². The van der Waals surface area contributed by atoms with Crippen molar-refractivity contribution in [3.05, 3.63) is 41.5 Å². The van der Waals surface area contributed by atoms with Crippen LogP contribution in [0.5, 0.6) is 5.75 Å². The number of allylic oxidation sites excluding steroid dienone is 1. The molecule has 0 saturated heterocycles. The number of carbonyl (C=O) groups excluding carboxylic acids is 2. The van der Waals surface area contributed by atoms with Gasteiger partial charge in [0.15, 0.2) is 5.78 Å². The summed E-state index contributed by atoms with van der Waals surface area (Å²) in [6.07, 6.45) is 8.57. The summed E-state index contributed by atoms with van der Waals surface area (Å²) in [5, 5.41) is 2.91. The summed E-state index contributed by atoms with van der Waals surface area (Å²) in [7, 11) is 0. The maximum Gasteiger partial charge on any atom is 0.220 e. The summed E-state index contributed by atoms with van der Waals surface area (Å²) in [5.74, 6) is 0.692. The molecule has 4 heteroatoms. The second-order valence-electron chi connectivity index (χ2n) is 6.09. The van der Waals surface area contributed by atoms with Gasteiger partial charge in [0.2, 0.25) is 5.91 Å². The summed E-state index contributed by atoms with van der Waals surface area (Å²) in [6, 6.07) is 7.07. The van der Waals surface area contributed by atoms with E-state index in [-0.39, 0.29) is 24.5 Å². The highest BCUT2D eigenvalue weighted by Gasteiger charge is 2.10. The molecule has 0 aliphatic heterocycles. The van der Waals surface area contributed by atoms with Crippen LogP contribution in [0, 0.1) is 0 Å². The predicted octanol–water partition coefficient (Wildman–Crippen LogP) is 4.05. The normalized spacial score (nSPS) is 14.0. The summed E-state index contributed by atoms with van der Waals surface area (Å²) < 4.78 is 5.35. The molecular formula is C20H27NO3. The maximum atomic E-state index is 12.1. The van der Waals surface area contributed by atoms with Crippen LogP contribution in [0.1, 0.15) is 62.2 Å². The lowest BCUT2D eigenvalue weighted by molar-refractivity contribution is -0.121. The smallest absolute Gasteiger partial charge is 0.220 e. The highest BCUT2D eigenvalue weighted by Crippen LogP contribution is 2.19. The number of rotatable bonds is 9. The molecule has 130 valence electrons. The quantitative estimate of drug-likeness (QED) is 0.549. The van der Waals surface area contributed by atoms with Crippen molar-refractivity contribution in [1.82, 2.24) is 5.32 Å². The van der Waals surface area contributed by atoms with Crippen molar-refractivity contribution in [3.8, 4) is 5.75 Å². The van der Waals surface area contributed by atoms with Crippen LogP contribution in [-0.2, 0) is 4.79 Å². The van der Waals surface area contributed by atoms with E-state index >= 15 is 0 Å². The standard InChI is InChI=1S/C20H27NO3/c1-2-24-18-10-8-17(9-11-18)19(22)12-13-20(23)21-15-14-16-6-4-3-5-7-16/h6,8-11H,2-5,7,12-15H2,1H3,(H,21,23). The third-order valence-corrected chi connectivity index (χ3v) is 4.22. The fourth-order valence-electron chi connectivity index (χ4n) is 2.86. The van der Waals surface area contributed by atoms with Gasteiger partial charge in [-0.1, -0.05) is 11.6 Å². The van der Waals surface area contributed by atoms with E-state index < -0.39 is 0 Å². The van der Waals surface area contributed by atoms with Gasteiger partial charge in [-0.05, 0) is 63.3 Å². The minimum atomic E-state index is -0.0503. The Kier molecular flexibility index (Phi) is 7.53. The molecule has 1 N–H and O–H groups in total. The second-order valence-corrected chi connectivity index (χ2v) is 6.09. The molecule has 0 radical (unpaired) electrons. The van der Waals surface area contributed by atoms with Crippen LogP contribution in [0.3, 0.4) is 0 Å². The Bertz CT molecular complexity index is 575. The predicted molar refractivity (Wildman–Crippen MR) is 95.4 cm³/mol. The van der Waals surface area contributed by atoms with Crippen LogP contribution in [0.4, 0.5) is 0 Å². The van der Waals surface area contributed by atoms with Crippen molar-refractivity contribution >= 4 is 11.7 Å². The van der Waals surface area contributed by atoms with Gasteiger partial charge in [-0.15, -0.1) is 0 Å². The van der Waals surface area contributed by atoms with Crippen molar-refractivity contribution < 1.29 is 14.3 Å². The zero-order chi connectivity index (χ0) is 17.2. The number of nitrogens with one attached hydrogen (secondary N) is 1. The van der Waals surface area contributed by atoms with Crippen molar-refractivity contribution in [3.63, 3.8) is 0 Å². The van der Waals surface area contributed by atoms with Crippen molar-refractivity contribution in [2.45, 2.75) is 51.9 Å². The number of amides is 1. The van der Waals surface area contributed by atoms with Gasteiger partial charge in [0.05, 0.1) is 6.61 Å². The molecule has 1 aromatic rings. The molecule has 0 unspecified atom stereocenters. The third kappa shape index (κ3) is 6.19. The van der Waals surface area contributed by atoms with Gasteiger partial charge in [-0.2, -0.15) is 0 Å². The summed E-state index contributed by atoms with van der Waals surface area (Å²) in [4.78, 5) is 24.0. The average molecular weight is 329 g/mol. The van der Waals surface area contributed by atoms with Gasteiger partial charge >= 0.3 is 0 Å². The molecule has 0 fully saturated rings. The molecule has 2 rings (SSSR count). The number of hydrogen-bond donors (Lipinski definition) is 1. The first-order chi connectivity index (χ1) is 11.7. The molecule has 24 heavy (non-hydrogen) atoms. The minimum Gasteiger partial charge on any atom is -0.494 e. The first-order valence-electron chi connectivity index (χ1n) is 8.89. The Hall–Kier alpha value is -2.10. The maximum absolute atomic E-state index is 12.1. The van der Waals surface area contributed by atoms with Crippen LogP contribution < -0.4 is 10.1 Å². The Morgan fingerprint density at radius 3 is 2.58 bits per heavy atom. The molecular weight excluding hydrogens is 302 g/mol. The lowest BCUT2D eigenvalue weighted by Crippen LogP contribution is -2.25. The molecule has 0 heterocycles. The highest BCUT2D eigenvalue weighted by atomic mass is 16.5. The molecule has 4 nitrogen and oxygen atoms in total. The van der Waals surface area contributed by atoms with E-state index in [0.717, 1.165) is 18.6 Å². The summed E-state index contributed by atoms with van der Waals surface area (Å²) in [6.45, 7) is 3.19. The van der Waals surface area contributed by atoms with E-state index in [0.29, 0.717) is 18.7 Å². The molecule has 1 aliphatic rings. The van der Waals surface area contributed by atoms with Gasteiger partial charge in [0.25, 0.3) is 0 Å². The first-order valence-corrected chi connectivity index (χ1v) is 8.89. The zero-order valence-electron chi connectivity index (χ0n) is 14.5. The molecule has 0 saturated carbocycles. The molecule has 0 bridgehead atoms. The van der Waals surface area contributed by atoms with E-state index in [1.807, 2.05) is 6.92 Å². The number of ether oxygens (including phenoxy) is 1. The van der Waals surface area contributed by atoms with E-state index in [1.54, 1.807) is 24.3 Å². The van der Waals surface area contributed by atoms with E-state index in [2.05, 4.69) is 11.4 Å². The molecule has 0 spiro atoms. The van der Waals surface area contributed by atoms with E-state index in [1.165, 1.54) is 24.8 Å². The number of Topliss-reactive ketones (excluding diaryl/α,β-unsaturated/α-hetero) is 1. The van der Waals surface area contributed by atoms with Gasteiger partial charge in [0, 0.05) is 24.9 Å². The van der Waals surface area contributed by atoms with Crippen LogP contribution >= 0.6 is 0 Å². The van der Waals surface area contributed by atoms with Gasteiger partial charge in [-0.3, -0.25) is 9.59 Å². The lowest BCUT2D eigenvalue weighted by Gasteiger charge is -2.12. The van der Waals surface area contributed by atoms with Crippen LogP contribution in [0.25, 0.3) is 0 Å². The number of hydrogen-bond acceptors (Lipinski definition) is 3. The molecule has 0 aromatic heterocycles. The summed E-state index contributed by atoms with van der Waals surface area (Å²) >= 11 is 0. The molecule has 1 aromatic carbocycles. The zero-order valence-corrected chi connectivity index (χ0v) is 14.5. The average Bonchev–Trinajstić information content (AvgIpc) is 2.61. The first kappa shape index (κ1) is 18.2. The number of ketones is 1. The van der Waals surface area contributed by atoms with Crippen molar-refractivity contribution in [2.24, 2.45) is 0 Å². The minimum absolute atomic E-state index is 0.0109. The molecule has 1 aliphatic carbocycles. The molecule has 0 atom stereocenters. The number of carbonyl (C=O) groups is 2. The monoisotopic (exact) mass is 329 g/mol. The fourth-order valence-corrected chi connectivity index (χ4v) is 2.86. The highest BCUT2D eigenvalue weighted by molar-refractivity contribution is 5.98. The fraction of sp³-hybridized carbons (Fsp3) is 0.500. The van der Waals surface area contributed by atoms with E-state index in [9.17, 15) is 9.59 Å². The SMILES string of the molecule is CCOc1ccc(C(=O)CCC(=O)NCCC2=CCCCC2)cc1. The second kappa shape index (κ2) is 9.91. The third-order valence-electron chi connectivity index (χ3n) is 4.22. The lowest BCUT2D eigenvalue weighted by atomic mass is 9.97. The van der Waals surface area contributed by atoms with Crippen LogP contribution in [0.2, 0.25) is 0 Å². The molecule has 1 amide bonds. The van der Waals surface area contributed by atoms with E-state index in [4.69, 9.17) is 4.74 Å². The van der Waals surface area contributed by atoms with Gasteiger partial charge in [-0.25, -0.2) is 0 Å². The Morgan fingerprint density at radius 2 is 1.92 bits per heavy atom. The van der Waals surface area contributed by atoms with Crippen molar-refractivity contribution in [1.29, 1.82) is 0 Å². The van der Waals surface area contributed by atoms with Gasteiger partial charge in [0.1, 0.15) is 5.75 Å². The Labute approximate surface area is 144 Å². The Morgan fingerprint density at radius 1 is 1.12 bits per heavy atom. The van der Waals surface area contributed by atoms with Crippen molar-refractivity contribution in [2.75, 3.05) is 13.2 Å². The number of benzene rings is 1. The van der Waals surface area contributed by atoms with Crippen LogP contribution in [0.15, 0.2) is 35.9 Å².